The molecule has 6 N–H and O–H groups in total. The van der Waals surface area contributed by atoms with Gasteiger partial charge in [0.2, 0.25) is 5.91 Å². The van der Waals surface area contributed by atoms with Crippen molar-refractivity contribution in [3.8, 4) is 0 Å². The number of carboxylic acid groups (broad SMARTS) is 4. The highest BCUT2D eigenvalue weighted by Gasteiger charge is 2.26. The summed E-state index contributed by atoms with van der Waals surface area (Å²) in [5.41, 5.74) is 0. The number of phosphoric ester groups is 1. The molecule has 0 saturated heterocycles. The minimum absolute atomic E-state index is 0.0774. The number of nitrogens with zero attached hydrogens (tertiary/aromatic N) is 3. The Morgan fingerprint density at radius 2 is 1.11 bits per heavy atom. The molecule has 1 unspecified atom stereocenters. The third-order valence-electron chi connectivity index (χ3n) is 5.17. The van der Waals surface area contributed by atoms with Gasteiger partial charge in [0.25, 0.3) is 0 Å². The molecule has 0 aliphatic carbocycles. The average Bonchev–Trinajstić information content (AvgIpc) is 2.88. The van der Waals surface area contributed by atoms with Gasteiger partial charge in [0, 0.05) is 46.6 Å². The largest absolute Gasteiger partial charge is 0.480 e. The average molecular weight is 675 g/mol. The van der Waals surface area contributed by atoms with Crippen molar-refractivity contribution in [1.82, 2.24) is 20.0 Å². The van der Waals surface area contributed by atoms with Crippen LogP contribution in [0.25, 0.3) is 0 Å². The summed E-state index contributed by atoms with van der Waals surface area (Å²) in [6.07, 6.45) is -1.20. The molecule has 0 aliphatic heterocycles. The Hall–Kier alpha value is -3.72. The fourth-order valence-corrected chi connectivity index (χ4v) is 4.17. The second kappa shape index (κ2) is 21.9. The highest BCUT2D eigenvalue weighted by molar-refractivity contribution is 7.47. The number of nitrogens with one attached hydrogen (secondary N) is 1. The zero-order chi connectivity index (χ0) is 34.6. The van der Waals surface area contributed by atoms with E-state index in [1.54, 1.807) is 0 Å². The maximum atomic E-state index is 12.4. The first-order chi connectivity index (χ1) is 20.9. The molecule has 0 bridgehead atoms. The fraction of sp³-hybridized carbons (Fsp3) is 0.696. The lowest BCUT2D eigenvalue weighted by molar-refractivity contribution is -0.158. The molecule has 0 aromatic carbocycles. The van der Waals surface area contributed by atoms with Gasteiger partial charge in [0.15, 0.2) is 6.10 Å². The third kappa shape index (κ3) is 24.3. The number of aliphatic carboxylic acids is 4. The molecular weight excluding hydrogens is 635 g/mol. The van der Waals surface area contributed by atoms with Crippen LogP contribution in [0.1, 0.15) is 13.8 Å². The SMILES string of the molecule is CC(=O)OC[C@H](COP(=O)(O)OCCNC(=O)CN(CCN(CCN(CC(=O)O)CC(=O)O)CC(=O)O)CC(=O)O)OC(C)=O. The summed E-state index contributed by atoms with van der Waals surface area (Å²) in [6, 6.07) is 0. The minimum Gasteiger partial charge on any atom is -0.480 e. The molecule has 0 saturated carbocycles. The van der Waals surface area contributed by atoms with Gasteiger partial charge in [0.1, 0.15) is 6.61 Å². The van der Waals surface area contributed by atoms with Crippen molar-refractivity contribution in [2.24, 2.45) is 0 Å². The molecule has 0 aliphatic rings. The quantitative estimate of drug-likeness (QED) is 0.0302. The zero-order valence-corrected chi connectivity index (χ0v) is 25.6. The Labute approximate surface area is 257 Å². The van der Waals surface area contributed by atoms with Crippen molar-refractivity contribution < 1.29 is 82.0 Å². The molecule has 21 nitrogen and oxygen atoms in total. The van der Waals surface area contributed by atoms with Gasteiger partial charge in [0.05, 0.1) is 45.9 Å². The molecule has 22 heteroatoms. The summed E-state index contributed by atoms with van der Waals surface area (Å²) in [5.74, 6) is -7.31. The van der Waals surface area contributed by atoms with E-state index >= 15 is 0 Å². The van der Waals surface area contributed by atoms with E-state index in [0.717, 1.165) is 23.6 Å². The van der Waals surface area contributed by atoms with E-state index < -0.39 is 108 Å². The maximum absolute atomic E-state index is 12.4. The van der Waals surface area contributed by atoms with Crippen molar-refractivity contribution in [3.63, 3.8) is 0 Å². The van der Waals surface area contributed by atoms with Crippen molar-refractivity contribution in [2.45, 2.75) is 20.0 Å². The number of rotatable bonds is 26. The Morgan fingerprint density at radius 1 is 0.667 bits per heavy atom. The Morgan fingerprint density at radius 3 is 1.56 bits per heavy atom. The molecule has 258 valence electrons. The Balaban J connectivity index is 4.93. The van der Waals surface area contributed by atoms with Crippen LogP contribution in [-0.2, 0) is 56.6 Å². The monoisotopic (exact) mass is 674 g/mol. The predicted molar refractivity (Wildman–Crippen MR) is 147 cm³/mol. The smallest absolute Gasteiger partial charge is 0.472 e. The van der Waals surface area contributed by atoms with Crippen LogP contribution < -0.4 is 5.32 Å². The number of carbonyl (C=O) groups excluding carboxylic acids is 3. The van der Waals surface area contributed by atoms with Crippen LogP contribution in [0.2, 0.25) is 0 Å². The Bertz CT molecular complexity index is 1060. The minimum atomic E-state index is -4.70. The number of carboxylic acids is 4. The van der Waals surface area contributed by atoms with Crippen LogP contribution >= 0.6 is 7.82 Å². The standard InChI is InChI=1S/C23H39N4O17P/c1-16(28)41-14-18(44-17(2)29)15-43-45(39,40)42-8-3-24-19(30)9-26(11-21(33)34)6-4-25(10-20(31)32)5-7-27(12-22(35)36)13-23(37)38/h18H,3-15H2,1-2H3,(H,24,30)(H,31,32)(H,33,34)(H,35,36)(H,37,38)(H,39,40)/t18-/m1/s1. The fourth-order valence-electron chi connectivity index (χ4n) is 3.41. The zero-order valence-electron chi connectivity index (χ0n) is 24.7. The molecule has 45 heavy (non-hydrogen) atoms. The molecule has 0 radical (unpaired) electrons. The van der Waals surface area contributed by atoms with Crippen LogP contribution in [0.3, 0.4) is 0 Å². The molecular formula is C23H39N4O17P. The van der Waals surface area contributed by atoms with Gasteiger partial charge in [-0.1, -0.05) is 0 Å². The second-order valence-corrected chi connectivity index (χ2v) is 10.7. The van der Waals surface area contributed by atoms with E-state index in [2.05, 4.69) is 10.1 Å². The van der Waals surface area contributed by atoms with E-state index in [9.17, 15) is 53.2 Å². The Kier molecular flexibility index (Phi) is 20.1. The van der Waals surface area contributed by atoms with Gasteiger partial charge in [-0.3, -0.25) is 57.3 Å². The summed E-state index contributed by atoms with van der Waals surface area (Å²) in [6.45, 7) is -3.05. The number of hydrogen-bond donors (Lipinski definition) is 6. The molecule has 0 aromatic heterocycles. The second-order valence-electron chi connectivity index (χ2n) is 9.25. The summed E-state index contributed by atoms with van der Waals surface area (Å²) >= 11 is 0. The van der Waals surface area contributed by atoms with Crippen molar-refractivity contribution in [3.05, 3.63) is 0 Å². The van der Waals surface area contributed by atoms with Crippen LogP contribution in [0.5, 0.6) is 0 Å². The van der Waals surface area contributed by atoms with Gasteiger partial charge in [-0.15, -0.1) is 0 Å². The first-order valence-corrected chi connectivity index (χ1v) is 14.6. The van der Waals surface area contributed by atoms with Crippen LogP contribution in [0, 0.1) is 0 Å². The topological polar surface area (TPSA) is 296 Å². The molecule has 0 rings (SSSR count). The number of esters is 2. The van der Waals surface area contributed by atoms with Gasteiger partial charge in [-0.25, -0.2) is 4.57 Å². The number of carbonyl (C=O) groups is 7. The summed E-state index contributed by atoms with van der Waals surface area (Å²) in [4.78, 5) is 92.4. The van der Waals surface area contributed by atoms with E-state index in [1.807, 2.05) is 0 Å². The van der Waals surface area contributed by atoms with Gasteiger partial charge < -0.3 is 40.1 Å². The summed E-state index contributed by atoms with van der Waals surface area (Å²) < 4.78 is 31.0. The van der Waals surface area contributed by atoms with E-state index in [0.29, 0.717) is 0 Å². The van der Waals surface area contributed by atoms with Crippen molar-refractivity contribution in [1.29, 1.82) is 0 Å². The number of ether oxygens (including phenoxy) is 2. The first-order valence-electron chi connectivity index (χ1n) is 13.1. The van der Waals surface area contributed by atoms with E-state index in [1.165, 1.54) is 4.90 Å². The van der Waals surface area contributed by atoms with Gasteiger partial charge in [-0.2, -0.15) is 0 Å². The molecule has 0 fully saturated rings. The lowest BCUT2D eigenvalue weighted by Crippen LogP contribution is -2.46. The van der Waals surface area contributed by atoms with Gasteiger partial charge in [-0.05, 0) is 0 Å². The molecule has 2 atom stereocenters. The lowest BCUT2D eigenvalue weighted by Gasteiger charge is -2.27. The molecule has 0 aromatic rings. The predicted octanol–water partition coefficient (Wildman–Crippen LogP) is -3.02. The normalized spacial score (nSPS) is 13.2. The third-order valence-corrected chi connectivity index (χ3v) is 6.16. The van der Waals surface area contributed by atoms with Crippen LogP contribution in [0.4, 0.5) is 0 Å². The van der Waals surface area contributed by atoms with Crippen LogP contribution in [0.15, 0.2) is 0 Å². The van der Waals surface area contributed by atoms with Crippen molar-refractivity contribution in [2.75, 3.05) is 85.3 Å². The lowest BCUT2D eigenvalue weighted by atomic mass is 10.3. The number of phosphoric acid groups is 1. The molecule has 1 amide bonds. The first kappa shape index (κ1) is 41.3. The summed E-state index contributed by atoms with van der Waals surface area (Å²) in [7, 11) is -4.70. The highest BCUT2D eigenvalue weighted by Crippen LogP contribution is 2.43. The highest BCUT2D eigenvalue weighted by atomic mass is 31.2. The van der Waals surface area contributed by atoms with Crippen molar-refractivity contribution >= 4 is 49.5 Å². The number of hydrogen-bond acceptors (Lipinski definition) is 15. The van der Waals surface area contributed by atoms with Crippen LogP contribution in [-0.4, -0.2) is 173 Å². The molecule has 0 spiro atoms. The molecule has 0 heterocycles. The summed E-state index contributed by atoms with van der Waals surface area (Å²) in [5, 5.41) is 38.7. The van der Waals surface area contributed by atoms with E-state index in [4.69, 9.17) is 24.0 Å². The van der Waals surface area contributed by atoms with Gasteiger partial charge >= 0.3 is 43.6 Å². The number of amides is 1. The maximum Gasteiger partial charge on any atom is 0.472 e. The van der Waals surface area contributed by atoms with E-state index in [-0.39, 0.29) is 32.7 Å².